The molecule has 20 heavy (non-hydrogen) atoms. The SMILES string of the molecule is COc1ccc(CN(C)C(=O)CN2CCNCC2)cc1. The van der Waals surface area contributed by atoms with E-state index < -0.39 is 0 Å². The standard InChI is InChI=1S/C15H23N3O2/c1-17(11-13-3-5-14(20-2)6-4-13)15(19)12-18-9-7-16-8-10-18/h3-6,16H,7-12H2,1-2H3. The van der Waals surface area contributed by atoms with Crippen molar-refractivity contribution in [3.8, 4) is 5.75 Å². The number of piperazine rings is 1. The molecule has 0 unspecified atom stereocenters. The Labute approximate surface area is 120 Å². The first-order chi connectivity index (χ1) is 9.69. The van der Waals surface area contributed by atoms with Gasteiger partial charge in [-0.1, -0.05) is 12.1 Å². The molecule has 110 valence electrons. The number of carbonyl (C=O) groups excluding carboxylic acids is 1. The lowest BCUT2D eigenvalue weighted by Gasteiger charge is -2.28. The van der Waals surface area contributed by atoms with Gasteiger partial charge in [0.1, 0.15) is 5.75 Å². The number of amides is 1. The minimum atomic E-state index is 0.169. The predicted molar refractivity (Wildman–Crippen MR) is 78.8 cm³/mol. The van der Waals surface area contributed by atoms with Gasteiger partial charge in [-0.3, -0.25) is 9.69 Å². The van der Waals surface area contributed by atoms with E-state index in [0.29, 0.717) is 13.1 Å². The molecule has 1 N–H and O–H groups in total. The van der Waals surface area contributed by atoms with E-state index in [4.69, 9.17) is 4.74 Å². The van der Waals surface area contributed by atoms with Gasteiger partial charge in [0.05, 0.1) is 13.7 Å². The lowest BCUT2D eigenvalue weighted by atomic mass is 10.2. The third-order valence-corrected chi connectivity index (χ3v) is 3.57. The van der Waals surface area contributed by atoms with Crippen LogP contribution in [-0.4, -0.2) is 62.6 Å². The molecule has 1 fully saturated rings. The van der Waals surface area contributed by atoms with Crippen LogP contribution in [-0.2, 0) is 11.3 Å². The molecule has 0 atom stereocenters. The molecule has 1 aromatic carbocycles. The van der Waals surface area contributed by atoms with Crippen LogP contribution in [0.25, 0.3) is 0 Å². The second kappa shape index (κ2) is 7.26. The van der Waals surface area contributed by atoms with Gasteiger partial charge in [-0.2, -0.15) is 0 Å². The summed E-state index contributed by atoms with van der Waals surface area (Å²) in [6.07, 6.45) is 0. The predicted octanol–water partition coefficient (Wildman–Crippen LogP) is 0.559. The number of benzene rings is 1. The van der Waals surface area contributed by atoms with Crippen LogP contribution in [0.15, 0.2) is 24.3 Å². The Morgan fingerprint density at radius 2 is 1.95 bits per heavy atom. The highest BCUT2D eigenvalue weighted by Crippen LogP contribution is 2.12. The van der Waals surface area contributed by atoms with Crippen molar-refractivity contribution in [2.45, 2.75) is 6.54 Å². The zero-order valence-electron chi connectivity index (χ0n) is 12.3. The van der Waals surface area contributed by atoms with Gasteiger partial charge < -0.3 is 15.0 Å². The molecule has 5 nitrogen and oxygen atoms in total. The van der Waals surface area contributed by atoms with Crippen molar-refractivity contribution in [3.63, 3.8) is 0 Å². The number of methoxy groups -OCH3 is 1. The molecule has 0 radical (unpaired) electrons. The number of carbonyl (C=O) groups is 1. The number of nitrogens with zero attached hydrogens (tertiary/aromatic N) is 2. The van der Waals surface area contributed by atoms with Crippen LogP contribution < -0.4 is 10.1 Å². The van der Waals surface area contributed by atoms with E-state index in [1.807, 2.05) is 31.3 Å². The number of hydrogen-bond acceptors (Lipinski definition) is 4. The van der Waals surface area contributed by atoms with E-state index in [1.165, 1.54) is 0 Å². The topological polar surface area (TPSA) is 44.8 Å². The molecule has 1 aliphatic rings. The third-order valence-electron chi connectivity index (χ3n) is 3.57. The molecular formula is C15H23N3O2. The highest BCUT2D eigenvalue weighted by atomic mass is 16.5. The molecule has 0 aromatic heterocycles. The maximum atomic E-state index is 12.2. The molecule has 5 heteroatoms. The highest BCUT2D eigenvalue weighted by molar-refractivity contribution is 5.78. The maximum Gasteiger partial charge on any atom is 0.236 e. The van der Waals surface area contributed by atoms with Gasteiger partial charge in [0.15, 0.2) is 0 Å². The van der Waals surface area contributed by atoms with Gasteiger partial charge in [0.25, 0.3) is 0 Å². The summed E-state index contributed by atoms with van der Waals surface area (Å²) in [5, 5.41) is 3.29. The molecular weight excluding hydrogens is 254 g/mol. The number of likely N-dealkylation sites (N-methyl/N-ethyl adjacent to an activating group) is 1. The van der Waals surface area contributed by atoms with Gasteiger partial charge in [-0.05, 0) is 17.7 Å². The second-order valence-electron chi connectivity index (χ2n) is 5.12. The normalized spacial score (nSPS) is 15.9. The minimum absolute atomic E-state index is 0.169. The third kappa shape index (κ3) is 4.21. The zero-order chi connectivity index (χ0) is 14.4. The Morgan fingerprint density at radius 1 is 1.30 bits per heavy atom. The molecule has 0 bridgehead atoms. The summed E-state index contributed by atoms with van der Waals surface area (Å²) in [6.45, 7) is 4.97. The average molecular weight is 277 g/mol. The van der Waals surface area contributed by atoms with Crippen LogP contribution in [0.4, 0.5) is 0 Å². The molecule has 0 aliphatic carbocycles. The smallest absolute Gasteiger partial charge is 0.236 e. The molecule has 1 aliphatic heterocycles. The summed E-state index contributed by atoms with van der Waals surface area (Å²) in [4.78, 5) is 16.2. The monoisotopic (exact) mass is 277 g/mol. The largest absolute Gasteiger partial charge is 0.497 e. The molecule has 1 amide bonds. The first kappa shape index (κ1) is 14.8. The molecule has 1 saturated heterocycles. The van der Waals surface area contributed by atoms with Crippen LogP contribution in [0.1, 0.15) is 5.56 Å². The zero-order valence-corrected chi connectivity index (χ0v) is 12.3. The summed E-state index contributed by atoms with van der Waals surface area (Å²) < 4.78 is 5.13. The Morgan fingerprint density at radius 3 is 2.55 bits per heavy atom. The fourth-order valence-corrected chi connectivity index (χ4v) is 2.27. The van der Waals surface area contributed by atoms with Crippen molar-refractivity contribution in [1.29, 1.82) is 0 Å². The Hall–Kier alpha value is -1.59. The lowest BCUT2D eigenvalue weighted by molar-refractivity contribution is -0.131. The Bertz CT molecular complexity index is 427. The lowest BCUT2D eigenvalue weighted by Crippen LogP contribution is -2.47. The van der Waals surface area contributed by atoms with Crippen LogP contribution in [0.2, 0.25) is 0 Å². The van der Waals surface area contributed by atoms with E-state index in [9.17, 15) is 4.79 Å². The minimum Gasteiger partial charge on any atom is -0.497 e. The fraction of sp³-hybridized carbons (Fsp3) is 0.533. The average Bonchev–Trinajstić information content (AvgIpc) is 2.49. The van der Waals surface area contributed by atoms with E-state index >= 15 is 0 Å². The van der Waals surface area contributed by atoms with E-state index in [0.717, 1.165) is 37.5 Å². The molecule has 1 aromatic rings. The molecule has 0 saturated carbocycles. The molecule has 1 heterocycles. The second-order valence-corrected chi connectivity index (χ2v) is 5.12. The number of nitrogens with one attached hydrogen (secondary N) is 1. The van der Waals surface area contributed by atoms with Gasteiger partial charge in [0, 0.05) is 39.8 Å². The summed E-state index contributed by atoms with van der Waals surface area (Å²) in [5.74, 6) is 1.01. The number of rotatable bonds is 5. The van der Waals surface area contributed by atoms with Crippen LogP contribution >= 0.6 is 0 Å². The van der Waals surface area contributed by atoms with Gasteiger partial charge in [-0.15, -0.1) is 0 Å². The van der Waals surface area contributed by atoms with Gasteiger partial charge in [-0.25, -0.2) is 0 Å². The van der Waals surface area contributed by atoms with Crippen LogP contribution in [0.3, 0.4) is 0 Å². The van der Waals surface area contributed by atoms with Crippen molar-refractivity contribution < 1.29 is 9.53 Å². The first-order valence-electron chi connectivity index (χ1n) is 6.99. The summed E-state index contributed by atoms with van der Waals surface area (Å²) in [6, 6.07) is 7.83. The summed E-state index contributed by atoms with van der Waals surface area (Å²) in [5.41, 5.74) is 1.11. The van der Waals surface area contributed by atoms with E-state index in [2.05, 4.69) is 10.2 Å². The van der Waals surface area contributed by atoms with Crippen molar-refractivity contribution in [2.75, 3.05) is 46.9 Å². The summed E-state index contributed by atoms with van der Waals surface area (Å²) in [7, 11) is 3.51. The maximum absolute atomic E-state index is 12.2. The Balaban J connectivity index is 1.83. The number of hydrogen-bond donors (Lipinski definition) is 1. The quantitative estimate of drug-likeness (QED) is 0.854. The highest BCUT2D eigenvalue weighted by Gasteiger charge is 2.16. The van der Waals surface area contributed by atoms with Crippen molar-refractivity contribution in [3.05, 3.63) is 29.8 Å². The van der Waals surface area contributed by atoms with Crippen molar-refractivity contribution in [2.24, 2.45) is 0 Å². The first-order valence-corrected chi connectivity index (χ1v) is 6.99. The van der Waals surface area contributed by atoms with Gasteiger partial charge in [0.2, 0.25) is 5.91 Å². The fourth-order valence-electron chi connectivity index (χ4n) is 2.27. The van der Waals surface area contributed by atoms with Gasteiger partial charge >= 0.3 is 0 Å². The van der Waals surface area contributed by atoms with E-state index in [-0.39, 0.29) is 5.91 Å². The Kier molecular flexibility index (Phi) is 5.38. The molecule has 2 rings (SSSR count). The van der Waals surface area contributed by atoms with Crippen molar-refractivity contribution >= 4 is 5.91 Å². The van der Waals surface area contributed by atoms with Crippen molar-refractivity contribution in [1.82, 2.24) is 15.1 Å². The van der Waals surface area contributed by atoms with Crippen LogP contribution in [0, 0.1) is 0 Å². The van der Waals surface area contributed by atoms with Crippen LogP contribution in [0.5, 0.6) is 5.75 Å². The number of ether oxygens (including phenoxy) is 1. The molecule has 0 spiro atoms. The summed E-state index contributed by atoms with van der Waals surface area (Å²) >= 11 is 0. The van der Waals surface area contributed by atoms with E-state index in [1.54, 1.807) is 12.0 Å².